The van der Waals surface area contributed by atoms with Crippen molar-refractivity contribution in [1.82, 2.24) is 0 Å². The largest absolute Gasteiger partial charge is 0.110 e. The lowest BCUT2D eigenvalue weighted by Gasteiger charge is -2.22. The predicted molar refractivity (Wildman–Crippen MR) is 87.9 cm³/mol. The zero-order chi connectivity index (χ0) is 9.12. The minimum Gasteiger partial charge on any atom is -0.0776 e. The van der Waals surface area contributed by atoms with Crippen LogP contribution in [0.25, 0.3) is 0 Å². The molecule has 0 heterocycles. The third-order valence-corrected chi connectivity index (χ3v) is 1.51. The molecule has 1 radical (unpaired) electrons. The molecule has 0 aliphatic rings. The van der Waals surface area contributed by atoms with Crippen LogP contribution in [0.2, 0.25) is 12.6 Å². The van der Waals surface area contributed by atoms with E-state index in [-0.39, 0.29) is 37.1 Å². The highest BCUT2D eigenvalue weighted by atomic mass is 14.1. The summed E-state index contributed by atoms with van der Waals surface area (Å²) in [5.41, 5.74) is 0.927. The second kappa shape index (κ2) is 13.1. The molecule has 0 rings (SSSR count). The standard InChI is InChI=1S/C10H22B.5CH4/c1-9(2,3)7-11-8-10(4,5)6;;;;;/h7-8H2,1-6H3;5*1H4. The highest BCUT2D eigenvalue weighted by molar-refractivity contribution is 6.35. The van der Waals surface area contributed by atoms with Gasteiger partial charge in [-0.1, -0.05) is 91.3 Å². The Labute approximate surface area is 110 Å². The Hall–Kier alpha value is 0.0649. The lowest BCUT2D eigenvalue weighted by molar-refractivity contribution is 0.445. The van der Waals surface area contributed by atoms with E-state index in [1.165, 1.54) is 12.6 Å². The highest BCUT2D eigenvalue weighted by Crippen LogP contribution is 2.24. The summed E-state index contributed by atoms with van der Waals surface area (Å²) in [6.07, 6.45) is 2.45. The molecule has 0 spiro atoms. The van der Waals surface area contributed by atoms with Gasteiger partial charge in [-0.3, -0.25) is 0 Å². The average molecular weight is 233 g/mol. The fraction of sp³-hybridized carbons (Fsp3) is 1.00. The van der Waals surface area contributed by atoms with Gasteiger partial charge in [0.2, 0.25) is 0 Å². The summed E-state index contributed by atoms with van der Waals surface area (Å²) in [4.78, 5) is 0. The molecule has 0 aromatic carbocycles. The molecule has 0 aromatic heterocycles. The molecule has 0 saturated carbocycles. The molecule has 0 amide bonds. The van der Waals surface area contributed by atoms with Crippen molar-refractivity contribution in [1.29, 1.82) is 0 Å². The van der Waals surface area contributed by atoms with Gasteiger partial charge in [0.1, 0.15) is 7.28 Å². The van der Waals surface area contributed by atoms with Gasteiger partial charge < -0.3 is 0 Å². The summed E-state index contributed by atoms with van der Waals surface area (Å²) in [7, 11) is 2.42. The summed E-state index contributed by atoms with van der Waals surface area (Å²) in [6, 6.07) is 0. The van der Waals surface area contributed by atoms with E-state index in [9.17, 15) is 0 Å². The summed E-state index contributed by atoms with van der Waals surface area (Å²) >= 11 is 0. The zero-order valence-corrected chi connectivity index (χ0v) is 8.99. The van der Waals surface area contributed by atoms with E-state index in [2.05, 4.69) is 48.8 Å². The summed E-state index contributed by atoms with van der Waals surface area (Å²) in [6.45, 7) is 13.7. The van der Waals surface area contributed by atoms with Crippen LogP contribution < -0.4 is 0 Å². The van der Waals surface area contributed by atoms with Gasteiger partial charge >= 0.3 is 0 Å². The van der Waals surface area contributed by atoms with Gasteiger partial charge in [-0.15, -0.1) is 0 Å². The Morgan fingerprint density at radius 1 is 0.562 bits per heavy atom. The van der Waals surface area contributed by atoms with E-state index in [4.69, 9.17) is 0 Å². The number of rotatable bonds is 2. The van der Waals surface area contributed by atoms with Crippen LogP contribution in [0.4, 0.5) is 0 Å². The third-order valence-electron chi connectivity index (χ3n) is 1.51. The normalized spacial score (nSPS) is 9.12. The van der Waals surface area contributed by atoms with Gasteiger partial charge in [-0.05, 0) is 10.8 Å². The molecule has 1 heteroatoms. The van der Waals surface area contributed by atoms with Crippen LogP contribution in [0, 0.1) is 10.8 Å². The molecule has 105 valence electrons. The zero-order valence-electron chi connectivity index (χ0n) is 8.99. The van der Waals surface area contributed by atoms with Crippen LogP contribution in [0.15, 0.2) is 0 Å². The van der Waals surface area contributed by atoms with Gasteiger partial charge in [-0.2, -0.15) is 0 Å². The first-order valence-corrected chi connectivity index (χ1v) is 4.52. The quantitative estimate of drug-likeness (QED) is 0.460. The van der Waals surface area contributed by atoms with E-state index >= 15 is 0 Å². The van der Waals surface area contributed by atoms with Crippen LogP contribution in [0.1, 0.15) is 78.7 Å². The summed E-state index contributed by atoms with van der Waals surface area (Å²) in [5.74, 6) is 0. The van der Waals surface area contributed by atoms with E-state index in [1.54, 1.807) is 0 Å². The van der Waals surface area contributed by atoms with Crippen LogP contribution >= 0.6 is 0 Å². The molecule has 0 saturated heterocycles. The topological polar surface area (TPSA) is 0 Å². The van der Waals surface area contributed by atoms with Crippen molar-refractivity contribution in [3.8, 4) is 0 Å². The Balaban J connectivity index is -0.0000000500. The molecule has 0 atom stereocenters. The molecule has 16 heavy (non-hydrogen) atoms. The fourth-order valence-electron chi connectivity index (χ4n) is 0.938. The van der Waals surface area contributed by atoms with Crippen molar-refractivity contribution in [3.05, 3.63) is 0 Å². The Morgan fingerprint density at radius 3 is 0.875 bits per heavy atom. The smallest absolute Gasteiger partial charge is 0.0776 e. The third kappa shape index (κ3) is 36.9. The molecule has 0 nitrogen and oxygen atoms in total. The molecule has 0 unspecified atom stereocenters. The molecule has 0 bridgehead atoms. The SMILES string of the molecule is C.C.C.C.C.CC(C)(C)C[B]CC(C)(C)C. The number of hydrogen-bond donors (Lipinski definition) is 0. The van der Waals surface area contributed by atoms with Crippen molar-refractivity contribution in [2.24, 2.45) is 10.8 Å². The highest BCUT2D eigenvalue weighted by Gasteiger charge is 2.14. The Morgan fingerprint density at radius 2 is 0.750 bits per heavy atom. The van der Waals surface area contributed by atoms with E-state index in [0.29, 0.717) is 10.8 Å². The second-order valence-electron chi connectivity index (χ2n) is 5.82. The van der Waals surface area contributed by atoms with Crippen molar-refractivity contribution >= 4 is 7.28 Å². The van der Waals surface area contributed by atoms with Crippen LogP contribution in [0.5, 0.6) is 0 Å². The maximum Gasteiger partial charge on any atom is 0.110 e. The van der Waals surface area contributed by atoms with E-state index in [1.807, 2.05) is 0 Å². The average Bonchev–Trinajstić information content (AvgIpc) is 1.55. The van der Waals surface area contributed by atoms with Crippen molar-refractivity contribution in [3.63, 3.8) is 0 Å². The molecular formula is C15H42B. The van der Waals surface area contributed by atoms with Gasteiger partial charge in [0.15, 0.2) is 0 Å². The summed E-state index contributed by atoms with van der Waals surface area (Å²) < 4.78 is 0. The van der Waals surface area contributed by atoms with Crippen molar-refractivity contribution in [2.45, 2.75) is 91.3 Å². The second-order valence-corrected chi connectivity index (χ2v) is 5.82. The van der Waals surface area contributed by atoms with Gasteiger partial charge in [0.05, 0.1) is 0 Å². The maximum atomic E-state index is 2.42. The van der Waals surface area contributed by atoms with Gasteiger partial charge in [0, 0.05) is 0 Å². The van der Waals surface area contributed by atoms with Gasteiger partial charge in [0.25, 0.3) is 0 Å². The molecule has 0 aliphatic heterocycles. The van der Waals surface area contributed by atoms with E-state index < -0.39 is 0 Å². The van der Waals surface area contributed by atoms with Crippen molar-refractivity contribution in [2.75, 3.05) is 0 Å². The molecular weight excluding hydrogens is 191 g/mol. The Kier molecular flexibility index (Phi) is 29.5. The first-order chi connectivity index (χ1) is 4.71. The van der Waals surface area contributed by atoms with E-state index in [0.717, 1.165) is 0 Å². The van der Waals surface area contributed by atoms with Crippen molar-refractivity contribution < 1.29 is 0 Å². The minimum atomic E-state index is 0. The maximum absolute atomic E-state index is 2.42. The lowest BCUT2D eigenvalue weighted by Crippen LogP contribution is -2.14. The predicted octanol–water partition coefficient (Wildman–Crippen LogP) is 6.80. The Bertz CT molecular complexity index is 89.6. The molecule has 0 fully saturated rings. The van der Waals surface area contributed by atoms with Crippen LogP contribution in [-0.2, 0) is 0 Å². The fourth-order valence-corrected chi connectivity index (χ4v) is 0.938. The number of hydrogen-bond acceptors (Lipinski definition) is 0. The summed E-state index contributed by atoms with van der Waals surface area (Å²) in [5, 5.41) is 0. The van der Waals surface area contributed by atoms with Gasteiger partial charge in [-0.25, -0.2) is 0 Å². The first-order valence-electron chi connectivity index (χ1n) is 4.52. The molecule has 0 aliphatic carbocycles. The minimum absolute atomic E-state index is 0. The lowest BCUT2D eigenvalue weighted by atomic mass is 9.57. The first kappa shape index (κ1) is 36.0. The molecule has 0 aromatic rings. The van der Waals surface area contributed by atoms with Crippen LogP contribution in [-0.4, -0.2) is 7.28 Å². The molecule has 0 N–H and O–H groups in total. The van der Waals surface area contributed by atoms with Crippen LogP contribution in [0.3, 0.4) is 0 Å². The monoisotopic (exact) mass is 233 g/mol.